The monoisotopic (exact) mass is 437 g/mol. The lowest BCUT2D eigenvalue weighted by molar-refractivity contribution is -0.137. The summed E-state index contributed by atoms with van der Waals surface area (Å²) in [4.78, 5) is -0.584. The summed E-state index contributed by atoms with van der Waals surface area (Å²) in [6, 6.07) is 7.36. The molecule has 0 saturated heterocycles. The van der Waals surface area contributed by atoms with Gasteiger partial charge in [0.15, 0.2) is 11.5 Å². The molecule has 0 N–H and O–H groups in total. The highest BCUT2D eigenvalue weighted by atomic mass is 35.5. The molecule has 2 rings (SSSR count). The Balaban J connectivity index is 2.23. The first-order chi connectivity index (χ1) is 13.0. The number of sulfonamides is 1. The molecule has 0 aliphatic heterocycles. The molecule has 0 amide bonds. The van der Waals surface area contributed by atoms with Gasteiger partial charge in [0.05, 0.1) is 24.8 Å². The maximum absolute atomic E-state index is 12.9. The van der Waals surface area contributed by atoms with Crippen LogP contribution < -0.4 is 9.47 Å². The quantitative estimate of drug-likeness (QED) is 0.650. The second kappa shape index (κ2) is 8.59. The molecule has 0 heterocycles. The fourth-order valence-electron chi connectivity index (χ4n) is 2.49. The van der Waals surface area contributed by atoms with E-state index >= 15 is 0 Å². The Labute approximate surface area is 166 Å². The van der Waals surface area contributed by atoms with Gasteiger partial charge in [-0.25, -0.2) is 12.7 Å². The van der Waals surface area contributed by atoms with Crippen LogP contribution in [0.5, 0.6) is 11.5 Å². The van der Waals surface area contributed by atoms with Gasteiger partial charge in [0.1, 0.15) is 4.90 Å². The third-order valence-corrected chi connectivity index (χ3v) is 6.45. The van der Waals surface area contributed by atoms with E-state index in [4.69, 9.17) is 21.1 Å². The van der Waals surface area contributed by atoms with Gasteiger partial charge in [-0.3, -0.25) is 0 Å². The number of benzene rings is 2. The number of rotatable bonds is 7. The first kappa shape index (κ1) is 22.3. The molecule has 0 aliphatic carbocycles. The minimum atomic E-state index is -4.67. The second-order valence-corrected chi connectivity index (χ2v) is 8.33. The largest absolute Gasteiger partial charge is 0.493 e. The SMILES string of the molecule is COc1ccc(CCN(C)S(=O)(=O)c2cc(C(F)(F)F)ccc2Cl)cc1OC. The number of hydrogen-bond donors (Lipinski definition) is 0. The van der Waals surface area contributed by atoms with Crippen molar-refractivity contribution in [3.8, 4) is 11.5 Å². The van der Waals surface area contributed by atoms with Crippen LogP contribution in [-0.4, -0.2) is 40.5 Å². The first-order valence-corrected chi connectivity index (χ1v) is 9.86. The molecule has 28 heavy (non-hydrogen) atoms. The van der Waals surface area contributed by atoms with E-state index in [1.165, 1.54) is 21.3 Å². The molecule has 0 saturated carbocycles. The number of methoxy groups -OCH3 is 2. The van der Waals surface area contributed by atoms with Gasteiger partial charge in [-0.15, -0.1) is 0 Å². The number of hydrogen-bond acceptors (Lipinski definition) is 4. The lowest BCUT2D eigenvalue weighted by atomic mass is 10.1. The van der Waals surface area contributed by atoms with Crippen molar-refractivity contribution in [1.82, 2.24) is 4.31 Å². The number of alkyl halides is 3. The van der Waals surface area contributed by atoms with Crippen molar-refractivity contribution in [3.63, 3.8) is 0 Å². The van der Waals surface area contributed by atoms with Crippen LogP contribution in [-0.2, 0) is 22.6 Å². The molecule has 5 nitrogen and oxygen atoms in total. The number of halogens is 4. The summed E-state index contributed by atoms with van der Waals surface area (Å²) in [6.07, 6.45) is -4.36. The van der Waals surface area contributed by atoms with Gasteiger partial charge < -0.3 is 9.47 Å². The number of likely N-dealkylation sites (N-methyl/N-ethyl adjacent to an activating group) is 1. The second-order valence-electron chi connectivity index (χ2n) is 5.91. The maximum Gasteiger partial charge on any atom is 0.416 e. The van der Waals surface area contributed by atoms with Crippen LogP contribution in [0, 0.1) is 0 Å². The normalized spacial score (nSPS) is 12.3. The average Bonchev–Trinajstić information content (AvgIpc) is 2.64. The van der Waals surface area contributed by atoms with E-state index in [0.29, 0.717) is 24.0 Å². The minimum absolute atomic E-state index is 0.0321. The van der Waals surface area contributed by atoms with Gasteiger partial charge in [0.25, 0.3) is 0 Å². The van der Waals surface area contributed by atoms with Crippen molar-refractivity contribution in [1.29, 1.82) is 0 Å². The first-order valence-electron chi connectivity index (χ1n) is 8.04. The van der Waals surface area contributed by atoms with Gasteiger partial charge >= 0.3 is 6.18 Å². The van der Waals surface area contributed by atoms with Crippen LogP contribution in [0.15, 0.2) is 41.3 Å². The van der Waals surface area contributed by atoms with E-state index in [-0.39, 0.29) is 11.6 Å². The fraction of sp³-hybridized carbons (Fsp3) is 0.333. The van der Waals surface area contributed by atoms with E-state index in [1.54, 1.807) is 18.2 Å². The van der Waals surface area contributed by atoms with Crippen molar-refractivity contribution >= 4 is 21.6 Å². The summed E-state index contributed by atoms with van der Waals surface area (Å²) in [5, 5.41) is -0.272. The fourth-order valence-corrected chi connectivity index (χ4v) is 4.16. The molecule has 0 radical (unpaired) electrons. The van der Waals surface area contributed by atoms with Crippen molar-refractivity contribution in [2.24, 2.45) is 0 Å². The molecule has 0 fully saturated rings. The highest BCUT2D eigenvalue weighted by molar-refractivity contribution is 7.89. The Morgan fingerprint density at radius 3 is 2.25 bits per heavy atom. The van der Waals surface area contributed by atoms with Gasteiger partial charge in [0, 0.05) is 13.6 Å². The molecule has 2 aromatic rings. The van der Waals surface area contributed by atoms with Crippen molar-refractivity contribution in [2.75, 3.05) is 27.8 Å². The molecule has 0 bridgehead atoms. The highest BCUT2D eigenvalue weighted by Gasteiger charge is 2.33. The molecule has 154 valence electrons. The van der Waals surface area contributed by atoms with E-state index in [0.717, 1.165) is 22.0 Å². The summed E-state index contributed by atoms with van der Waals surface area (Å²) >= 11 is 5.86. The van der Waals surface area contributed by atoms with Gasteiger partial charge in [-0.2, -0.15) is 13.2 Å². The van der Waals surface area contributed by atoms with Crippen LogP contribution >= 0.6 is 11.6 Å². The van der Waals surface area contributed by atoms with E-state index in [1.807, 2.05) is 0 Å². The molecular formula is C18H19ClF3NO4S. The Kier molecular flexibility index (Phi) is 6.84. The zero-order valence-corrected chi connectivity index (χ0v) is 17.0. The molecular weight excluding hydrogens is 419 g/mol. The summed E-state index contributed by atoms with van der Waals surface area (Å²) < 4.78 is 75.5. The summed E-state index contributed by atoms with van der Waals surface area (Å²) in [5.74, 6) is 1.02. The Morgan fingerprint density at radius 2 is 1.68 bits per heavy atom. The van der Waals surface area contributed by atoms with Gasteiger partial charge in [-0.1, -0.05) is 17.7 Å². The molecule has 10 heteroatoms. The predicted molar refractivity (Wildman–Crippen MR) is 99.5 cm³/mol. The van der Waals surface area contributed by atoms with E-state index < -0.39 is 26.7 Å². The number of ether oxygens (including phenoxy) is 2. The van der Waals surface area contributed by atoms with Gasteiger partial charge in [-0.05, 0) is 42.3 Å². The molecule has 0 aliphatic rings. The molecule has 0 atom stereocenters. The third kappa shape index (κ3) is 4.89. The number of nitrogens with zero attached hydrogens (tertiary/aromatic N) is 1. The van der Waals surface area contributed by atoms with Crippen LogP contribution in [0.4, 0.5) is 13.2 Å². The lowest BCUT2D eigenvalue weighted by Crippen LogP contribution is -2.29. The highest BCUT2D eigenvalue weighted by Crippen LogP contribution is 2.34. The predicted octanol–water partition coefficient (Wildman–Crippen LogP) is 4.24. The summed E-state index contributed by atoms with van der Waals surface area (Å²) in [7, 11) is 0.0555. The third-order valence-electron chi connectivity index (χ3n) is 4.11. The summed E-state index contributed by atoms with van der Waals surface area (Å²) in [6.45, 7) is 0.0321. The Bertz CT molecular complexity index is 948. The molecule has 2 aromatic carbocycles. The van der Waals surface area contributed by atoms with Crippen LogP contribution in [0.25, 0.3) is 0 Å². The zero-order chi connectivity index (χ0) is 21.1. The summed E-state index contributed by atoms with van der Waals surface area (Å²) in [5.41, 5.74) is -0.307. The standard InChI is InChI=1S/C18H19ClF3NO4S/c1-23(9-8-12-4-7-15(26-2)16(10-12)27-3)28(24,25)17-11-13(18(20,21)22)5-6-14(17)19/h4-7,10-11H,8-9H2,1-3H3. The van der Waals surface area contributed by atoms with Crippen molar-refractivity contribution in [3.05, 3.63) is 52.5 Å². The van der Waals surface area contributed by atoms with Crippen molar-refractivity contribution < 1.29 is 31.1 Å². The zero-order valence-electron chi connectivity index (χ0n) is 15.4. The van der Waals surface area contributed by atoms with E-state index in [2.05, 4.69) is 0 Å². The molecule has 0 aromatic heterocycles. The molecule has 0 spiro atoms. The molecule has 0 unspecified atom stereocenters. The lowest BCUT2D eigenvalue weighted by Gasteiger charge is -2.19. The maximum atomic E-state index is 12.9. The van der Waals surface area contributed by atoms with E-state index in [9.17, 15) is 21.6 Å². The van der Waals surface area contributed by atoms with Crippen LogP contribution in [0.3, 0.4) is 0 Å². The van der Waals surface area contributed by atoms with Crippen LogP contribution in [0.1, 0.15) is 11.1 Å². The van der Waals surface area contributed by atoms with Gasteiger partial charge in [0.2, 0.25) is 10.0 Å². The minimum Gasteiger partial charge on any atom is -0.493 e. The van der Waals surface area contributed by atoms with Crippen LogP contribution in [0.2, 0.25) is 5.02 Å². The topological polar surface area (TPSA) is 55.8 Å². The van der Waals surface area contributed by atoms with Crippen molar-refractivity contribution in [2.45, 2.75) is 17.5 Å². The Morgan fingerprint density at radius 1 is 1.04 bits per heavy atom. The smallest absolute Gasteiger partial charge is 0.416 e. The average molecular weight is 438 g/mol. The Hall–Kier alpha value is -1.97.